The Labute approximate surface area is 226 Å². The van der Waals surface area contributed by atoms with Crippen LogP contribution in [-0.4, -0.2) is 40.7 Å². The first-order chi connectivity index (χ1) is 17.5. The molecule has 12 heteroatoms. The molecule has 196 valence electrons. The number of nitrogens with zero attached hydrogens (tertiary/aromatic N) is 1. The van der Waals surface area contributed by atoms with Gasteiger partial charge in [0.15, 0.2) is 0 Å². The topological polar surface area (TPSA) is 75.7 Å². The maximum absolute atomic E-state index is 13.0. The van der Waals surface area contributed by atoms with Crippen molar-refractivity contribution in [1.29, 1.82) is 0 Å². The Morgan fingerprint density at radius 1 is 1.14 bits per heavy atom. The first kappa shape index (κ1) is 28.7. The smallest absolute Gasteiger partial charge is 0.417 e. The van der Waals surface area contributed by atoms with Crippen molar-refractivity contribution < 1.29 is 32.3 Å². The number of rotatable bonds is 9. The molecule has 1 aliphatic heterocycles. The molecule has 3 rings (SSSR count). The number of amides is 2. The molecule has 1 aliphatic rings. The summed E-state index contributed by atoms with van der Waals surface area (Å²) in [5.41, 5.74) is 0.149. The van der Waals surface area contributed by atoms with Crippen LogP contribution in [0.3, 0.4) is 0 Å². The number of unbranched alkanes of at least 4 members (excludes halogenated alkanes) is 2. The Kier molecular flexibility index (Phi) is 9.74. The zero-order chi connectivity index (χ0) is 27.2. The molecule has 0 spiro atoms. The number of alkyl halides is 3. The van der Waals surface area contributed by atoms with Crippen LogP contribution in [0.15, 0.2) is 47.4 Å². The second kappa shape index (κ2) is 12.6. The third-order valence-electron chi connectivity index (χ3n) is 5.34. The van der Waals surface area contributed by atoms with Crippen molar-refractivity contribution in [3.63, 3.8) is 0 Å². The van der Waals surface area contributed by atoms with Gasteiger partial charge in [-0.1, -0.05) is 54.1 Å². The number of nitrogens with one attached hydrogen (secondary N) is 1. The van der Waals surface area contributed by atoms with E-state index in [4.69, 9.17) is 23.8 Å². The third-order valence-corrected chi connectivity index (χ3v) is 7.05. The van der Waals surface area contributed by atoms with Gasteiger partial charge in [-0.05, 0) is 54.8 Å². The molecular formula is C25H22ClF3N2O4S2. The van der Waals surface area contributed by atoms with Crippen LogP contribution in [-0.2, 0) is 20.5 Å². The number of carbonyl (C=O) groups is 3. The predicted octanol–water partition coefficient (Wildman–Crippen LogP) is 6.55. The Morgan fingerprint density at radius 3 is 2.49 bits per heavy atom. The molecule has 0 atom stereocenters. The van der Waals surface area contributed by atoms with Gasteiger partial charge in [0.25, 0.3) is 5.91 Å². The molecule has 1 fully saturated rings. The Hall–Kier alpha value is -2.89. The minimum Gasteiger partial charge on any atom is -0.465 e. The summed E-state index contributed by atoms with van der Waals surface area (Å²) in [6.07, 6.45) is -1.10. The van der Waals surface area contributed by atoms with E-state index in [-0.39, 0.29) is 18.0 Å². The molecule has 0 aliphatic carbocycles. The second-order valence-electron chi connectivity index (χ2n) is 8.00. The SMILES string of the molecule is COC(=O)c1ccc(/C=C2\SC(=S)N(CCCCCC(=O)Nc3ccc(Cl)c(C(F)(F)F)c3)C2=O)cc1. The average Bonchev–Trinajstić information content (AvgIpc) is 3.11. The van der Waals surface area contributed by atoms with Gasteiger partial charge in [-0.15, -0.1) is 0 Å². The number of thioether (sulfide) groups is 1. The predicted molar refractivity (Wildman–Crippen MR) is 141 cm³/mol. The second-order valence-corrected chi connectivity index (χ2v) is 10.1. The number of benzene rings is 2. The zero-order valence-electron chi connectivity index (χ0n) is 19.6. The van der Waals surface area contributed by atoms with Gasteiger partial charge in [-0.2, -0.15) is 13.2 Å². The van der Waals surface area contributed by atoms with Gasteiger partial charge in [-0.3, -0.25) is 14.5 Å². The van der Waals surface area contributed by atoms with Gasteiger partial charge in [0.2, 0.25) is 5.91 Å². The zero-order valence-corrected chi connectivity index (χ0v) is 22.0. The number of carbonyl (C=O) groups excluding carboxylic acids is 3. The van der Waals surface area contributed by atoms with E-state index < -0.39 is 28.6 Å². The van der Waals surface area contributed by atoms with E-state index in [2.05, 4.69) is 10.1 Å². The summed E-state index contributed by atoms with van der Waals surface area (Å²) in [6, 6.07) is 9.83. The van der Waals surface area contributed by atoms with E-state index in [1.807, 2.05) is 0 Å². The van der Waals surface area contributed by atoms with Crippen LogP contribution in [0.2, 0.25) is 5.02 Å². The molecule has 0 aromatic heterocycles. The van der Waals surface area contributed by atoms with Crippen molar-refractivity contribution in [1.82, 2.24) is 4.90 Å². The monoisotopic (exact) mass is 570 g/mol. The normalized spacial score (nSPS) is 14.8. The summed E-state index contributed by atoms with van der Waals surface area (Å²) in [4.78, 5) is 38.4. The quantitative estimate of drug-likeness (QED) is 0.160. The van der Waals surface area contributed by atoms with Crippen LogP contribution in [0.25, 0.3) is 6.08 Å². The molecule has 1 saturated heterocycles. The largest absolute Gasteiger partial charge is 0.465 e. The van der Waals surface area contributed by atoms with Gasteiger partial charge in [0.05, 0.1) is 28.2 Å². The standard InChI is InChI=1S/C25H22ClF3N2O4S2/c1-35-23(34)16-8-6-15(7-9-16)13-20-22(33)31(24(36)37-20)12-4-2-3-5-21(32)30-17-10-11-19(26)18(14-17)25(27,28)29/h6-11,13-14H,2-5,12H2,1H3,(H,30,32)/b20-13-. The lowest BCUT2D eigenvalue weighted by Gasteiger charge is -2.14. The van der Waals surface area contributed by atoms with Crippen LogP contribution in [0, 0.1) is 0 Å². The lowest BCUT2D eigenvalue weighted by atomic mass is 10.1. The van der Waals surface area contributed by atoms with Gasteiger partial charge in [0.1, 0.15) is 4.32 Å². The Balaban J connectivity index is 1.45. The molecule has 2 aromatic rings. The van der Waals surface area contributed by atoms with Gasteiger partial charge >= 0.3 is 12.1 Å². The maximum Gasteiger partial charge on any atom is 0.417 e. The fourth-order valence-electron chi connectivity index (χ4n) is 3.45. The fraction of sp³-hybridized carbons (Fsp3) is 0.280. The number of methoxy groups -OCH3 is 1. The molecule has 37 heavy (non-hydrogen) atoms. The number of anilines is 1. The minimum atomic E-state index is -4.62. The highest BCUT2D eigenvalue weighted by Crippen LogP contribution is 2.36. The van der Waals surface area contributed by atoms with Crippen LogP contribution >= 0.6 is 35.6 Å². The molecule has 0 unspecified atom stereocenters. The molecule has 2 aromatic carbocycles. The van der Waals surface area contributed by atoms with Crippen molar-refractivity contribution in [3.05, 3.63) is 69.1 Å². The molecule has 2 amide bonds. The summed E-state index contributed by atoms with van der Waals surface area (Å²) < 4.78 is 44.0. The van der Waals surface area contributed by atoms with E-state index in [9.17, 15) is 27.6 Å². The first-order valence-electron chi connectivity index (χ1n) is 11.1. The van der Waals surface area contributed by atoms with Gasteiger partial charge < -0.3 is 10.1 Å². The van der Waals surface area contributed by atoms with Crippen molar-refractivity contribution in [2.75, 3.05) is 19.0 Å². The van der Waals surface area contributed by atoms with E-state index in [1.54, 1.807) is 30.3 Å². The van der Waals surface area contributed by atoms with Crippen LogP contribution < -0.4 is 5.32 Å². The van der Waals surface area contributed by atoms with E-state index >= 15 is 0 Å². The molecule has 0 radical (unpaired) electrons. The number of halogens is 4. The molecule has 6 nitrogen and oxygen atoms in total. The highest BCUT2D eigenvalue weighted by atomic mass is 35.5. The number of esters is 1. The molecule has 0 bridgehead atoms. The highest BCUT2D eigenvalue weighted by molar-refractivity contribution is 8.26. The summed E-state index contributed by atoms with van der Waals surface area (Å²) in [5.74, 6) is -1.08. The lowest BCUT2D eigenvalue weighted by molar-refractivity contribution is -0.137. The van der Waals surface area contributed by atoms with Crippen molar-refractivity contribution in [2.24, 2.45) is 0 Å². The number of ether oxygens (including phenoxy) is 1. The number of hydrogen-bond acceptors (Lipinski definition) is 6. The first-order valence-corrected chi connectivity index (χ1v) is 12.7. The minimum absolute atomic E-state index is 0.0195. The van der Waals surface area contributed by atoms with Crippen LogP contribution in [0.5, 0.6) is 0 Å². The summed E-state index contributed by atoms with van der Waals surface area (Å²) >= 11 is 12.1. The lowest BCUT2D eigenvalue weighted by Crippen LogP contribution is -2.29. The Morgan fingerprint density at radius 2 is 1.84 bits per heavy atom. The van der Waals surface area contributed by atoms with E-state index in [0.717, 1.165) is 17.7 Å². The number of thiocarbonyl (C=S) groups is 1. The molecule has 1 heterocycles. The summed E-state index contributed by atoms with van der Waals surface area (Å²) in [6.45, 7) is 0.386. The Bertz CT molecular complexity index is 1230. The van der Waals surface area contributed by atoms with E-state index in [1.165, 1.54) is 29.8 Å². The van der Waals surface area contributed by atoms with Crippen LogP contribution in [0.4, 0.5) is 18.9 Å². The van der Waals surface area contributed by atoms with Gasteiger partial charge in [-0.25, -0.2) is 4.79 Å². The maximum atomic E-state index is 13.0. The van der Waals surface area contributed by atoms with E-state index in [0.29, 0.717) is 40.6 Å². The third kappa shape index (κ3) is 7.80. The molecule has 0 saturated carbocycles. The summed E-state index contributed by atoms with van der Waals surface area (Å²) in [7, 11) is 1.30. The number of hydrogen-bond donors (Lipinski definition) is 1. The molecular weight excluding hydrogens is 549 g/mol. The van der Waals surface area contributed by atoms with Crippen molar-refractivity contribution >= 4 is 69.4 Å². The summed E-state index contributed by atoms with van der Waals surface area (Å²) in [5, 5.41) is 2.01. The van der Waals surface area contributed by atoms with Crippen molar-refractivity contribution in [2.45, 2.75) is 31.9 Å². The molecule has 1 N–H and O–H groups in total. The fourth-order valence-corrected chi connectivity index (χ4v) is 4.99. The van der Waals surface area contributed by atoms with Crippen LogP contribution in [0.1, 0.15) is 47.2 Å². The highest BCUT2D eigenvalue weighted by Gasteiger charge is 2.33. The van der Waals surface area contributed by atoms with Gasteiger partial charge in [0, 0.05) is 18.7 Å². The van der Waals surface area contributed by atoms with Crippen molar-refractivity contribution in [3.8, 4) is 0 Å². The average molecular weight is 571 g/mol.